The number of fused-ring (bicyclic) bond motifs is 1. The summed E-state index contributed by atoms with van der Waals surface area (Å²) in [5.74, 6) is 0.965. The Kier molecular flexibility index (Phi) is 3.16. The highest BCUT2D eigenvalue weighted by atomic mass is 15.2. The summed E-state index contributed by atoms with van der Waals surface area (Å²) in [6.07, 6.45) is 3.75. The van der Waals surface area contributed by atoms with E-state index in [-0.39, 0.29) is 0 Å². The molecule has 19 heavy (non-hydrogen) atoms. The van der Waals surface area contributed by atoms with Crippen molar-refractivity contribution in [3.05, 3.63) is 59.3 Å². The Labute approximate surface area is 113 Å². The van der Waals surface area contributed by atoms with Crippen LogP contribution >= 0.6 is 0 Å². The molecular formula is C16H15N3. The fraction of sp³-hybridized carbons (Fsp3) is 0.250. The molecule has 3 rings (SSSR count). The number of anilines is 1. The molecule has 0 aliphatic carbocycles. The Morgan fingerprint density at radius 2 is 1.68 bits per heavy atom. The zero-order valence-electron chi connectivity index (χ0n) is 10.7. The summed E-state index contributed by atoms with van der Waals surface area (Å²) < 4.78 is 0. The molecule has 3 nitrogen and oxygen atoms in total. The number of aromatic nitrogens is 1. The van der Waals surface area contributed by atoms with Crippen LogP contribution in [-0.4, -0.2) is 18.1 Å². The van der Waals surface area contributed by atoms with Crippen molar-refractivity contribution in [1.29, 1.82) is 5.26 Å². The highest BCUT2D eigenvalue weighted by Crippen LogP contribution is 2.19. The Balaban J connectivity index is 1.79. The molecule has 1 aromatic carbocycles. The number of hydrogen-bond acceptors (Lipinski definition) is 3. The van der Waals surface area contributed by atoms with E-state index < -0.39 is 0 Å². The summed E-state index contributed by atoms with van der Waals surface area (Å²) in [5.41, 5.74) is 3.50. The molecule has 1 aromatic heterocycles. The van der Waals surface area contributed by atoms with E-state index in [9.17, 15) is 0 Å². The van der Waals surface area contributed by atoms with E-state index in [2.05, 4.69) is 40.2 Å². The SMILES string of the molecule is N#Cc1ccc(N2CCc3ccccc3CC2)nc1. The molecule has 0 bridgehead atoms. The quantitative estimate of drug-likeness (QED) is 0.779. The van der Waals surface area contributed by atoms with Gasteiger partial charge in [0, 0.05) is 19.3 Å². The lowest BCUT2D eigenvalue weighted by Gasteiger charge is -2.21. The first-order chi connectivity index (χ1) is 9.36. The molecule has 0 N–H and O–H groups in total. The minimum absolute atomic E-state index is 0.613. The minimum atomic E-state index is 0.613. The van der Waals surface area contributed by atoms with Crippen molar-refractivity contribution in [2.45, 2.75) is 12.8 Å². The molecule has 1 aliphatic heterocycles. The van der Waals surface area contributed by atoms with Crippen molar-refractivity contribution in [1.82, 2.24) is 4.98 Å². The largest absolute Gasteiger partial charge is 0.356 e. The van der Waals surface area contributed by atoms with Crippen LogP contribution in [0.25, 0.3) is 0 Å². The van der Waals surface area contributed by atoms with Crippen LogP contribution in [-0.2, 0) is 12.8 Å². The predicted octanol–water partition coefficient (Wildman–Crippen LogP) is 2.56. The third-order valence-corrected chi connectivity index (χ3v) is 3.62. The monoisotopic (exact) mass is 249 g/mol. The van der Waals surface area contributed by atoms with Gasteiger partial charge in [-0.15, -0.1) is 0 Å². The molecule has 94 valence electrons. The molecule has 3 heteroatoms. The lowest BCUT2D eigenvalue weighted by Crippen LogP contribution is -2.26. The van der Waals surface area contributed by atoms with Crippen LogP contribution in [0.15, 0.2) is 42.6 Å². The van der Waals surface area contributed by atoms with Crippen LogP contribution < -0.4 is 4.90 Å². The van der Waals surface area contributed by atoms with Gasteiger partial charge in [0.25, 0.3) is 0 Å². The van der Waals surface area contributed by atoms with Crippen LogP contribution in [0, 0.1) is 11.3 Å². The summed E-state index contributed by atoms with van der Waals surface area (Å²) in [7, 11) is 0. The fourth-order valence-corrected chi connectivity index (χ4v) is 2.54. The summed E-state index contributed by atoms with van der Waals surface area (Å²) in [4.78, 5) is 6.67. The Bertz CT molecular complexity index is 584. The summed E-state index contributed by atoms with van der Waals surface area (Å²) in [6, 6.07) is 14.5. The maximum Gasteiger partial charge on any atom is 0.128 e. The number of hydrogen-bond donors (Lipinski definition) is 0. The first-order valence-corrected chi connectivity index (χ1v) is 6.55. The first kappa shape index (κ1) is 11.7. The van der Waals surface area contributed by atoms with Crippen LogP contribution in [0.1, 0.15) is 16.7 Å². The van der Waals surface area contributed by atoms with Gasteiger partial charge in [-0.2, -0.15) is 5.26 Å². The van der Waals surface area contributed by atoms with Gasteiger partial charge in [0.1, 0.15) is 11.9 Å². The van der Waals surface area contributed by atoms with Crippen molar-refractivity contribution in [2.75, 3.05) is 18.0 Å². The van der Waals surface area contributed by atoms with Crippen molar-refractivity contribution in [2.24, 2.45) is 0 Å². The molecule has 0 spiro atoms. The molecule has 1 aliphatic rings. The van der Waals surface area contributed by atoms with E-state index in [1.807, 2.05) is 12.1 Å². The molecule has 2 aromatic rings. The van der Waals surface area contributed by atoms with Gasteiger partial charge in [0.2, 0.25) is 0 Å². The van der Waals surface area contributed by atoms with E-state index in [1.165, 1.54) is 11.1 Å². The highest BCUT2D eigenvalue weighted by molar-refractivity contribution is 5.43. The zero-order valence-corrected chi connectivity index (χ0v) is 10.7. The maximum absolute atomic E-state index is 8.80. The summed E-state index contributed by atoms with van der Waals surface area (Å²) in [6.45, 7) is 1.96. The van der Waals surface area contributed by atoms with Gasteiger partial charge in [-0.05, 0) is 36.1 Å². The Morgan fingerprint density at radius 3 is 2.21 bits per heavy atom. The summed E-state index contributed by atoms with van der Waals surface area (Å²) >= 11 is 0. The third-order valence-electron chi connectivity index (χ3n) is 3.62. The molecule has 0 radical (unpaired) electrons. The van der Waals surface area contributed by atoms with Crippen molar-refractivity contribution in [3.8, 4) is 6.07 Å². The number of pyridine rings is 1. The highest BCUT2D eigenvalue weighted by Gasteiger charge is 2.14. The summed E-state index contributed by atoms with van der Waals surface area (Å²) in [5, 5.41) is 8.80. The molecule has 0 saturated heterocycles. The van der Waals surface area contributed by atoms with Crippen molar-refractivity contribution >= 4 is 5.82 Å². The topological polar surface area (TPSA) is 39.9 Å². The number of rotatable bonds is 1. The molecule has 0 saturated carbocycles. The number of nitriles is 1. The third kappa shape index (κ3) is 2.43. The molecule has 2 heterocycles. The van der Waals surface area contributed by atoms with Gasteiger partial charge in [0.15, 0.2) is 0 Å². The van der Waals surface area contributed by atoms with E-state index in [4.69, 9.17) is 5.26 Å². The second-order valence-corrected chi connectivity index (χ2v) is 4.77. The molecule has 0 atom stereocenters. The van der Waals surface area contributed by atoms with Crippen LogP contribution in [0.2, 0.25) is 0 Å². The molecular weight excluding hydrogens is 234 g/mol. The Morgan fingerprint density at radius 1 is 1.00 bits per heavy atom. The van der Waals surface area contributed by atoms with Crippen molar-refractivity contribution < 1.29 is 0 Å². The van der Waals surface area contributed by atoms with E-state index in [0.29, 0.717) is 5.56 Å². The minimum Gasteiger partial charge on any atom is -0.356 e. The van der Waals surface area contributed by atoms with Crippen LogP contribution in [0.4, 0.5) is 5.82 Å². The van der Waals surface area contributed by atoms with Gasteiger partial charge < -0.3 is 4.90 Å². The fourth-order valence-electron chi connectivity index (χ4n) is 2.54. The molecule has 0 fully saturated rings. The lowest BCUT2D eigenvalue weighted by molar-refractivity contribution is 0.791. The Hall–Kier alpha value is -2.34. The van der Waals surface area contributed by atoms with E-state index in [1.54, 1.807) is 6.20 Å². The van der Waals surface area contributed by atoms with E-state index >= 15 is 0 Å². The normalized spacial score (nSPS) is 14.4. The lowest BCUT2D eigenvalue weighted by atomic mass is 10.0. The molecule has 0 unspecified atom stereocenters. The van der Waals surface area contributed by atoms with Gasteiger partial charge in [0.05, 0.1) is 5.56 Å². The van der Waals surface area contributed by atoms with Crippen LogP contribution in [0.3, 0.4) is 0 Å². The second kappa shape index (κ2) is 5.11. The average molecular weight is 249 g/mol. The van der Waals surface area contributed by atoms with Gasteiger partial charge in [-0.25, -0.2) is 4.98 Å². The maximum atomic E-state index is 8.80. The zero-order chi connectivity index (χ0) is 13.1. The first-order valence-electron chi connectivity index (χ1n) is 6.55. The smallest absolute Gasteiger partial charge is 0.128 e. The molecule has 0 amide bonds. The van der Waals surface area contributed by atoms with Gasteiger partial charge in [-0.1, -0.05) is 24.3 Å². The standard InChI is InChI=1S/C16H15N3/c17-11-13-5-6-16(18-12-13)19-9-7-14-3-1-2-4-15(14)8-10-19/h1-6,12H,7-10H2. The second-order valence-electron chi connectivity index (χ2n) is 4.77. The predicted molar refractivity (Wildman–Crippen MR) is 75.0 cm³/mol. The van der Waals surface area contributed by atoms with Gasteiger partial charge >= 0.3 is 0 Å². The van der Waals surface area contributed by atoms with Gasteiger partial charge in [-0.3, -0.25) is 0 Å². The number of benzene rings is 1. The van der Waals surface area contributed by atoms with Crippen LogP contribution in [0.5, 0.6) is 0 Å². The average Bonchev–Trinajstić information content (AvgIpc) is 2.70. The van der Waals surface area contributed by atoms with E-state index in [0.717, 1.165) is 31.7 Å². The number of nitrogens with zero attached hydrogens (tertiary/aromatic N) is 3. The van der Waals surface area contributed by atoms with Crippen molar-refractivity contribution in [3.63, 3.8) is 0 Å².